The molecule has 0 atom stereocenters. The monoisotopic (exact) mass is 331 g/mol. The van der Waals surface area contributed by atoms with E-state index in [0.717, 1.165) is 27.0 Å². The smallest absolute Gasteiger partial charge is 0.145 e. The first-order chi connectivity index (χ1) is 12.2. The molecule has 4 aromatic rings. The molecule has 0 unspecified atom stereocenters. The molecule has 0 saturated heterocycles. The van der Waals surface area contributed by atoms with Gasteiger partial charge in [-0.15, -0.1) is 0 Å². The van der Waals surface area contributed by atoms with E-state index in [9.17, 15) is 5.21 Å². The van der Waals surface area contributed by atoms with Crippen LogP contribution in [0.2, 0.25) is 0 Å². The Morgan fingerprint density at radius 3 is 2.56 bits per heavy atom. The van der Waals surface area contributed by atoms with Gasteiger partial charge in [0.15, 0.2) is 0 Å². The van der Waals surface area contributed by atoms with Gasteiger partial charge in [0.25, 0.3) is 0 Å². The maximum absolute atomic E-state index is 10.6. The van der Waals surface area contributed by atoms with Crippen LogP contribution in [0.3, 0.4) is 0 Å². The van der Waals surface area contributed by atoms with E-state index in [2.05, 4.69) is 19.9 Å². The van der Waals surface area contributed by atoms with Crippen LogP contribution in [0.15, 0.2) is 48.8 Å². The van der Waals surface area contributed by atoms with Crippen LogP contribution in [0.4, 0.5) is 0 Å². The molecule has 1 N–H and O–H groups in total. The first-order valence-electron chi connectivity index (χ1n) is 8.13. The second-order valence-electron chi connectivity index (χ2n) is 5.81. The molecule has 0 radical (unpaired) electrons. The van der Waals surface area contributed by atoms with Crippen LogP contribution in [0.25, 0.3) is 33.7 Å². The van der Waals surface area contributed by atoms with Crippen molar-refractivity contribution < 1.29 is 5.21 Å². The Bertz CT molecular complexity index is 1070. The average Bonchev–Trinajstić information content (AvgIpc) is 2.98. The zero-order chi connectivity index (χ0) is 17.4. The second-order valence-corrected chi connectivity index (χ2v) is 5.81. The Balaban J connectivity index is 1.97. The summed E-state index contributed by atoms with van der Waals surface area (Å²) < 4.78 is 1.14. The number of imidazole rings is 1. The van der Waals surface area contributed by atoms with Crippen molar-refractivity contribution in [2.45, 2.75) is 20.3 Å². The number of nitrogens with zero attached hydrogens (tertiary/aromatic N) is 5. The van der Waals surface area contributed by atoms with Gasteiger partial charge in [0.05, 0.1) is 16.7 Å². The molecule has 25 heavy (non-hydrogen) atoms. The summed E-state index contributed by atoms with van der Waals surface area (Å²) in [5.41, 5.74) is 5.31. The number of rotatable bonds is 3. The lowest BCUT2D eigenvalue weighted by Crippen LogP contribution is -2.01. The standard InChI is InChI=1S/C19H17N5O/c1-3-17-23-18(13-7-8-14-16(11-13)21-10-9-20-14)19(24(17)25)15-6-4-5-12(2)22-15/h4-11,25H,3H2,1-2H3. The summed E-state index contributed by atoms with van der Waals surface area (Å²) in [4.78, 5) is 17.8. The van der Waals surface area contributed by atoms with Crippen LogP contribution in [0, 0.1) is 6.92 Å². The summed E-state index contributed by atoms with van der Waals surface area (Å²) in [6.07, 6.45) is 3.95. The van der Waals surface area contributed by atoms with Gasteiger partial charge in [-0.05, 0) is 31.2 Å². The molecule has 6 heteroatoms. The Morgan fingerprint density at radius 2 is 1.80 bits per heavy atom. The summed E-state index contributed by atoms with van der Waals surface area (Å²) in [6.45, 7) is 3.88. The van der Waals surface area contributed by atoms with Crippen molar-refractivity contribution in [1.82, 2.24) is 24.7 Å². The van der Waals surface area contributed by atoms with Gasteiger partial charge < -0.3 is 5.21 Å². The zero-order valence-corrected chi connectivity index (χ0v) is 14.0. The predicted molar refractivity (Wildman–Crippen MR) is 95.3 cm³/mol. The van der Waals surface area contributed by atoms with E-state index < -0.39 is 0 Å². The maximum Gasteiger partial charge on any atom is 0.145 e. The summed E-state index contributed by atoms with van der Waals surface area (Å²) in [5.74, 6) is 0.590. The molecule has 1 aromatic carbocycles. The van der Waals surface area contributed by atoms with Crippen molar-refractivity contribution in [2.75, 3.05) is 0 Å². The molecular weight excluding hydrogens is 314 g/mol. The molecule has 0 aliphatic heterocycles. The quantitative estimate of drug-likeness (QED) is 0.580. The van der Waals surface area contributed by atoms with Crippen LogP contribution in [0.5, 0.6) is 0 Å². The minimum atomic E-state index is 0.587. The van der Waals surface area contributed by atoms with E-state index in [1.54, 1.807) is 12.4 Å². The Kier molecular flexibility index (Phi) is 3.65. The molecule has 0 spiro atoms. The van der Waals surface area contributed by atoms with E-state index >= 15 is 0 Å². The van der Waals surface area contributed by atoms with Crippen LogP contribution in [-0.4, -0.2) is 29.9 Å². The number of hydrogen-bond acceptors (Lipinski definition) is 5. The molecule has 0 aliphatic carbocycles. The minimum absolute atomic E-state index is 0.587. The molecule has 0 saturated carbocycles. The van der Waals surface area contributed by atoms with E-state index in [-0.39, 0.29) is 0 Å². The topological polar surface area (TPSA) is 76.7 Å². The van der Waals surface area contributed by atoms with Gasteiger partial charge in [-0.25, -0.2) is 4.98 Å². The van der Waals surface area contributed by atoms with Gasteiger partial charge in [0, 0.05) is 30.1 Å². The van der Waals surface area contributed by atoms with Gasteiger partial charge in [-0.3, -0.25) is 15.0 Å². The molecule has 4 rings (SSSR count). The van der Waals surface area contributed by atoms with Crippen molar-refractivity contribution in [3.63, 3.8) is 0 Å². The fourth-order valence-electron chi connectivity index (χ4n) is 2.90. The molecule has 3 heterocycles. The van der Waals surface area contributed by atoms with Gasteiger partial charge >= 0.3 is 0 Å². The van der Waals surface area contributed by atoms with E-state index in [0.29, 0.717) is 29.3 Å². The molecule has 6 nitrogen and oxygen atoms in total. The third-order valence-corrected chi connectivity index (χ3v) is 4.11. The lowest BCUT2D eigenvalue weighted by Gasteiger charge is -2.07. The highest BCUT2D eigenvalue weighted by atomic mass is 16.5. The first kappa shape index (κ1) is 15.3. The third-order valence-electron chi connectivity index (χ3n) is 4.11. The van der Waals surface area contributed by atoms with Gasteiger partial charge in [0.2, 0.25) is 0 Å². The SMILES string of the molecule is CCc1nc(-c2ccc3nccnc3c2)c(-c2cccc(C)n2)n1O. The normalized spacial score (nSPS) is 11.1. The van der Waals surface area contributed by atoms with Gasteiger partial charge in [0.1, 0.15) is 17.2 Å². The van der Waals surface area contributed by atoms with E-state index in [4.69, 9.17) is 0 Å². The number of hydrogen-bond donors (Lipinski definition) is 1. The highest BCUT2D eigenvalue weighted by Crippen LogP contribution is 2.32. The van der Waals surface area contributed by atoms with Crippen molar-refractivity contribution in [1.29, 1.82) is 0 Å². The lowest BCUT2D eigenvalue weighted by molar-refractivity contribution is 0.180. The molecule has 0 aliphatic rings. The Labute approximate surface area is 144 Å². The van der Waals surface area contributed by atoms with Crippen LogP contribution < -0.4 is 0 Å². The van der Waals surface area contributed by atoms with Crippen LogP contribution in [-0.2, 0) is 6.42 Å². The maximum atomic E-state index is 10.6. The number of fused-ring (bicyclic) bond motifs is 1. The highest BCUT2D eigenvalue weighted by Gasteiger charge is 2.20. The van der Waals surface area contributed by atoms with Crippen molar-refractivity contribution in [3.05, 3.63) is 60.3 Å². The van der Waals surface area contributed by atoms with Gasteiger partial charge in [-0.1, -0.05) is 19.1 Å². The third kappa shape index (κ3) is 2.61. The van der Waals surface area contributed by atoms with E-state index in [1.165, 1.54) is 0 Å². The summed E-state index contributed by atoms with van der Waals surface area (Å²) in [6, 6.07) is 11.5. The molecule has 124 valence electrons. The van der Waals surface area contributed by atoms with Gasteiger partial charge in [-0.2, -0.15) is 4.73 Å². The van der Waals surface area contributed by atoms with Crippen molar-refractivity contribution in [3.8, 4) is 22.6 Å². The molecule has 0 fully saturated rings. The fraction of sp³-hybridized carbons (Fsp3) is 0.158. The predicted octanol–water partition coefficient (Wildman–Crippen LogP) is 3.66. The summed E-state index contributed by atoms with van der Waals surface area (Å²) in [7, 11) is 0. The average molecular weight is 331 g/mol. The number of aromatic nitrogens is 5. The summed E-state index contributed by atoms with van der Waals surface area (Å²) >= 11 is 0. The number of aryl methyl sites for hydroxylation is 2. The Hall–Kier alpha value is -3.28. The first-order valence-corrected chi connectivity index (χ1v) is 8.13. The molecular formula is C19H17N5O. The van der Waals surface area contributed by atoms with E-state index in [1.807, 2.05) is 50.2 Å². The molecule has 0 amide bonds. The van der Waals surface area contributed by atoms with Crippen LogP contribution >= 0.6 is 0 Å². The number of benzene rings is 1. The summed E-state index contributed by atoms with van der Waals surface area (Å²) in [5, 5.41) is 10.6. The highest BCUT2D eigenvalue weighted by molar-refractivity contribution is 5.84. The fourth-order valence-corrected chi connectivity index (χ4v) is 2.90. The second kappa shape index (κ2) is 5.98. The molecule has 3 aromatic heterocycles. The van der Waals surface area contributed by atoms with Crippen LogP contribution in [0.1, 0.15) is 18.4 Å². The van der Waals surface area contributed by atoms with Crippen molar-refractivity contribution in [2.24, 2.45) is 0 Å². The number of pyridine rings is 1. The lowest BCUT2D eigenvalue weighted by atomic mass is 10.1. The van der Waals surface area contributed by atoms with Crippen molar-refractivity contribution >= 4 is 11.0 Å². The minimum Gasteiger partial charge on any atom is -0.427 e. The Morgan fingerprint density at radius 1 is 1.00 bits per heavy atom. The zero-order valence-electron chi connectivity index (χ0n) is 14.0. The largest absolute Gasteiger partial charge is 0.427 e. The molecule has 0 bridgehead atoms.